The number of carbonyl (C=O) groups excluding carboxylic acids is 2. The van der Waals surface area contributed by atoms with Crippen LogP contribution < -0.4 is 0 Å². The molecule has 5 fully saturated rings. The Kier molecular flexibility index (Phi) is 28.4. The molecule has 5 heteroatoms. The van der Waals surface area contributed by atoms with Gasteiger partial charge in [0.05, 0.1) is 6.61 Å². The SMILES string of the molecule is O=C(OC(C(=O)OC1CCCCO1)C1CCCCCCCCCCC1)C(=C(C1CCCCCCCCCCC1)C1CCCCCCCCCCC1)C1CCCCCCCCCCC1. The highest BCUT2D eigenvalue weighted by atomic mass is 16.7. The van der Waals surface area contributed by atoms with Gasteiger partial charge < -0.3 is 14.2 Å². The summed E-state index contributed by atoms with van der Waals surface area (Å²) in [4.78, 5) is 30.9. The average Bonchev–Trinajstić information content (AvgIpc) is 3.27. The van der Waals surface area contributed by atoms with Gasteiger partial charge in [0.1, 0.15) is 0 Å². The molecule has 364 valence electrons. The Hall–Kier alpha value is -1.36. The molecule has 1 saturated heterocycles. The van der Waals surface area contributed by atoms with Crippen LogP contribution in [0.25, 0.3) is 0 Å². The molecule has 5 rings (SSSR count). The predicted molar refractivity (Wildman–Crippen MR) is 264 cm³/mol. The molecule has 2 atom stereocenters. The minimum absolute atomic E-state index is 0.00634. The molecule has 0 aromatic heterocycles. The smallest absolute Gasteiger partial charge is 0.350 e. The molecular weight excluding hydrogens is 777 g/mol. The number of esters is 2. The topological polar surface area (TPSA) is 61.8 Å². The highest BCUT2D eigenvalue weighted by Gasteiger charge is 2.39. The molecule has 0 amide bonds. The third-order valence-electron chi connectivity index (χ3n) is 16.6. The van der Waals surface area contributed by atoms with Crippen LogP contribution in [-0.2, 0) is 23.8 Å². The second-order valence-electron chi connectivity index (χ2n) is 21.8. The van der Waals surface area contributed by atoms with Gasteiger partial charge >= 0.3 is 11.9 Å². The molecule has 2 unspecified atom stereocenters. The Morgan fingerprint density at radius 2 is 0.651 bits per heavy atom. The molecule has 1 heterocycles. The lowest BCUT2D eigenvalue weighted by Crippen LogP contribution is -2.40. The lowest BCUT2D eigenvalue weighted by molar-refractivity contribution is -0.202. The fourth-order valence-corrected chi connectivity index (χ4v) is 12.7. The summed E-state index contributed by atoms with van der Waals surface area (Å²) in [5.41, 5.74) is 2.63. The zero-order valence-corrected chi connectivity index (χ0v) is 41.4. The normalized spacial score (nSPS) is 26.1. The van der Waals surface area contributed by atoms with Crippen molar-refractivity contribution >= 4 is 11.9 Å². The van der Waals surface area contributed by atoms with Gasteiger partial charge in [-0.15, -0.1) is 0 Å². The maximum absolute atomic E-state index is 16.1. The maximum atomic E-state index is 16.1. The summed E-state index contributed by atoms with van der Waals surface area (Å²) in [5.74, 6) is 0.640. The van der Waals surface area contributed by atoms with Crippen LogP contribution in [-0.4, -0.2) is 30.9 Å². The number of rotatable bonds is 8. The van der Waals surface area contributed by atoms with Gasteiger partial charge in [0, 0.05) is 17.9 Å². The third kappa shape index (κ3) is 21.4. The molecule has 0 aromatic rings. The monoisotopic (exact) mass is 879 g/mol. The second kappa shape index (κ2) is 34.0. The summed E-state index contributed by atoms with van der Waals surface area (Å²) >= 11 is 0. The van der Waals surface area contributed by atoms with Crippen molar-refractivity contribution in [3.05, 3.63) is 11.1 Å². The van der Waals surface area contributed by atoms with E-state index >= 15 is 4.79 Å². The standard InChI is InChI=1S/C58H102O5/c59-57(63-56(58(60)62-53-47-37-38-48-61-53)52-45-35-27-19-11-4-12-20-28-36-46-52)55(51-43-33-25-17-9-3-10-18-26-34-44-51)54(49-39-29-21-13-5-1-6-14-22-30-40-49)50-41-31-23-15-7-2-8-16-24-32-42-50/h49-53,56H,1-48H2. The van der Waals surface area contributed by atoms with Crippen molar-refractivity contribution in [1.82, 2.24) is 0 Å². The van der Waals surface area contributed by atoms with E-state index in [9.17, 15) is 4.79 Å². The first-order chi connectivity index (χ1) is 31.2. The van der Waals surface area contributed by atoms with Crippen LogP contribution in [0, 0.1) is 23.7 Å². The van der Waals surface area contributed by atoms with Crippen LogP contribution in [0.5, 0.6) is 0 Å². The van der Waals surface area contributed by atoms with Gasteiger partial charge in [-0.05, 0) is 82.0 Å². The van der Waals surface area contributed by atoms with E-state index in [0.717, 1.165) is 63.4 Å². The van der Waals surface area contributed by atoms with Gasteiger partial charge in [-0.25, -0.2) is 9.59 Å². The summed E-state index contributed by atoms with van der Waals surface area (Å²) in [6.45, 7) is 0.631. The molecule has 4 aliphatic carbocycles. The van der Waals surface area contributed by atoms with Gasteiger partial charge in [0.15, 0.2) is 0 Å². The average molecular weight is 879 g/mol. The molecule has 1 aliphatic heterocycles. The lowest BCUT2D eigenvalue weighted by atomic mass is 9.71. The second-order valence-corrected chi connectivity index (χ2v) is 21.8. The van der Waals surface area contributed by atoms with Gasteiger partial charge in [0.25, 0.3) is 0 Å². The number of ether oxygens (including phenoxy) is 3. The van der Waals surface area contributed by atoms with Crippen molar-refractivity contribution in [3.8, 4) is 0 Å². The molecule has 63 heavy (non-hydrogen) atoms. The number of hydrogen-bond acceptors (Lipinski definition) is 5. The van der Waals surface area contributed by atoms with E-state index in [1.807, 2.05) is 0 Å². The molecule has 5 nitrogen and oxygen atoms in total. The van der Waals surface area contributed by atoms with Crippen LogP contribution in [0.4, 0.5) is 0 Å². The minimum atomic E-state index is -0.860. The lowest BCUT2D eigenvalue weighted by Gasteiger charge is -2.35. The first-order valence-electron chi connectivity index (χ1n) is 29.0. The van der Waals surface area contributed by atoms with Crippen molar-refractivity contribution in [2.24, 2.45) is 23.7 Å². The van der Waals surface area contributed by atoms with E-state index in [1.54, 1.807) is 5.57 Å². The van der Waals surface area contributed by atoms with E-state index in [0.29, 0.717) is 18.4 Å². The van der Waals surface area contributed by atoms with Crippen molar-refractivity contribution < 1.29 is 23.8 Å². The first kappa shape index (κ1) is 52.6. The number of carbonyl (C=O) groups is 2. The third-order valence-corrected chi connectivity index (χ3v) is 16.6. The summed E-state index contributed by atoms with van der Waals surface area (Å²) in [5, 5.41) is 0. The highest BCUT2D eigenvalue weighted by molar-refractivity contribution is 5.92. The predicted octanol–water partition coefficient (Wildman–Crippen LogP) is 17.9. The van der Waals surface area contributed by atoms with Crippen LogP contribution in [0.2, 0.25) is 0 Å². The molecular formula is C58H102O5. The zero-order valence-electron chi connectivity index (χ0n) is 41.4. The number of hydrogen-bond donors (Lipinski definition) is 0. The van der Waals surface area contributed by atoms with Crippen molar-refractivity contribution in [2.45, 2.75) is 314 Å². The van der Waals surface area contributed by atoms with Crippen molar-refractivity contribution in [1.29, 1.82) is 0 Å². The first-order valence-corrected chi connectivity index (χ1v) is 29.0. The van der Waals surface area contributed by atoms with Crippen molar-refractivity contribution in [2.75, 3.05) is 6.61 Å². The van der Waals surface area contributed by atoms with Crippen LogP contribution in [0.15, 0.2) is 11.1 Å². The summed E-state index contributed by atoms with van der Waals surface area (Å²) in [6.07, 6.45) is 56.9. The molecule has 0 N–H and O–H groups in total. The summed E-state index contributed by atoms with van der Waals surface area (Å²) in [7, 11) is 0. The summed E-state index contributed by atoms with van der Waals surface area (Å²) < 4.78 is 19.4. The molecule has 0 spiro atoms. The Labute approximate surface area is 389 Å². The number of allylic oxidation sites excluding steroid dienone is 1. The highest BCUT2D eigenvalue weighted by Crippen LogP contribution is 2.43. The maximum Gasteiger partial charge on any atom is 0.350 e. The Morgan fingerprint density at radius 3 is 0.984 bits per heavy atom. The Bertz CT molecular complexity index is 1120. The molecule has 4 saturated carbocycles. The van der Waals surface area contributed by atoms with Gasteiger partial charge in [-0.2, -0.15) is 0 Å². The van der Waals surface area contributed by atoms with Gasteiger partial charge in [-0.1, -0.05) is 237 Å². The van der Waals surface area contributed by atoms with Gasteiger partial charge in [0.2, 0.25) is 12.4 Å². The zero-order chi connectivity index (χ0) is 43.8. The van der Waals surface area contributed by atoms with Crippen molar-refractivity contribution in [3.63, 3.8) is 0 Å². The van der Waals surface area contributed by atoms with E-state index in [2.05, 4.69) is 0 Å². The fraction of sp³-hybridized carbons (Fsp3) is 0.931. The van der Waals surface area contributed by atoms with E-state index in [-0.39, 0.29) is 23.8 Å². The van der Waals surface area contributed by atoms with Crippen LogP contribution in [0.1, 0.15) is 302 Å². The quantitative estimate of drug-likeness (QED) is 0.180. The van der Waals surface area contributed by atoms with E-state index in [1.165, 1.54) is 244 Å². The van der Waals surface area contributed by atoms with E-state index in [4.69, 9.17) is 14.2 Å². The largest absolute Gasteiger partial charge is 0.447 e. The molecule has 5 aliphatic rings. The fourth-order valence-electron chi connectivity index (χ4n) is 12.7. The minimum Gasteiger partial charge on any atom is -0.447 e. The van der Waals surface area contributed by atoms with Crippen LogP contribution >= 0.6 is 0 Å². The van der Waals surface area contributed by atoms with E-state index < -0.39 is 12.4 Å². The molecule has 0 radical (unpaired) electrons. The Balaban J connectivity index is 1.60. The van der Waals surface area contributed by atoms with Gasteiger partial charge in [-0.3, -0.25) is 0 Å². The Morgan fingerprint density at radius 1 is 0.349 bits per heavy atom. The molecule has 0 bridgehead atoms. The van der Waals surface area contributed by atoms with Crippen LogP contribution in [0.3, 0.4) is 0 Å². The summed E-state index contributed by atoms with van der Waals surface area (Å²) in [6, 6.07) is 0. The molecule has 0 aromatic carbocycles.